The van der Waals surface area contributed by atoms with Crippen LogP contribution in [0.1, 0.15) is 18.4 Å². The fourth-order valence-electron chi connectivity index (χ4n) is 2.36. The molecule has 18 heavy (non-hydrogen) atoms. The molecular weight excluding hydrogens is 228 g/mol. The Hall–Kier alpha value is -1.06. The summed E-state index contributed by atoms with van der Waals surface area (Å²) in [7, 11) is 0. The van der Waals surface area contributed by atoms with Crippen LogP contribution in [0, 0.1) is 18.8 Å². The third kappa shape index (κ3) is 3.72. The van der Waals surface area contributed by atoms with Gasteiger partial charge in [-0.25, -0.2) is 0 Å². The Morgan fingerprint density at radius 3 is 2.56 bits per heavy atom. The Bertz CT molecular complexity index is 341. The molecule has 1 heterocycles. The fourth-order valence-corrected chi connectivity index (χ4v) is 2.36. The summed E-state index contributed by atoms with van der Waals surface area (Å²) >= 11 is 0. The standard InChI is InChI=1S/C15H22O3/c1-12-2-4-15(5-3-12)18-11-14(10-16)13-6-8-17-9-7-13/h2-5,13-14,16H,6-11H2,1H3. The minimum Gasteiger partial charge on any atom is -0.493 e. The van der Waals surface area contributed by atoms with Gasteiger partial charge in [-0.2, -0.15) is 0 Å². The summed E-state index contributed by atoms with van der Waals surface area (Å²) in [6.07, 6.45) is 2.06. The van der Waals surface area contributed by atoms with Crippen molar-refractivity contribution in [2.24, 2.45) is 11.8 Å². The molecule has 0 radical (unpaired) electrons. The van der Waals surface area contributed by atoms with E-state index in [0.29, 0.717) is 12.5 Å². The van der Waals surface area contributed by atoms with Gasteiger partial charge in [0.2, 0.25) is 0 Å². The Kier molecular flexibility index (Phi) is 5.02. The molecule has 0 aromatic heterocycles. The third-order valence-electron chi connectivity index (χ3n) is 3.65. The summed E-state index contributed by atoms with van der Waals surface area (Å²) in [6.45, 7) is 4.46. The predicted octanol–water partition coefficient (Wildman–Crippen LogP) is 2.41. The van der Waals surface area contributed by atoms with Gasteiger partial charge in [0.15, 0.2) is 0 Å². The van der Waals surface area contributed by atoms with Crippen LogP contribution in [0.25, 0.3) is 0 Å². The molecule has 2 rings (SSSR count). The number of aliphatic hydroxyl groups excluding tert-OH is 1. The molecule has 0 aliphatic carbocycles. The Morgan fingerprint density at radius 1 is 1.28 bits per heavy atom. The summed E-state index contributed by atoms with van der Waals surface area (Å²) in [5, 5.41) is 9.48. The average Bonchev–Trinajstić information content (AvgIpc) is 2.43. The zero-order chi connectivity index (χ0) is 12.8. The molecule has 0 saturated carbocycles. The molecule has 3 heteroatoms. The van der Waals surface area contributed by atoms with E-state index in [1.807, 2.05) is 24.3 Å². The Labute approximate surface area is 109 Å². The van der Waals surface area contributed by atoms with Gasteiger partial charge >= 0.3 is 0 Å². The van der Waals surface area contributed by atoms with E-state index in [1.54, 1.807) is 0 Å². The third-order valence-corrected chi connectivity index (χ3v) is 3.65. The first-order valence-electron chi connectivity index (χ1n) is 6.67. The van der Waals surface area contributed by atoms with Gasteiger partial charge in [-0.15, -0.1) is 0 Å². The predicted molar refractivity (Wildman–Crippen MR) is 70.8 cm³/mol. The molecule has 1 aromatic rings. The van der Waals surface area contributed by atoms with Crippen LogP contribution in [0.3, 0.4) is 0 Å². The summed E-state index contributed by atoms with van der Waals surface area (Å²) in [4.78, 5) is 0. The Morgan fingerprint density at radius 2 is 1.94 bits per heavy atom. The Balaban J connectivity index is 1.84. The van der Waals surface area contributed by atoms with Crippen molar-refractivity contribution in [2.45, 2.75) is 19.8 Å². The largest absolute Gasteiger partial charge is 0.493 e. The first kappa shape index (κ1) is 13.4. The smallest absolute Gasteiger partial charge is 0.119 e. The molecular formula is C15H22O3. The van der Waals surface area contributed by atoms with Crippen LogP contribution in [0.5, 0.6) is 5.75 Å². The average molecular weight is 250 g/mol. The van der Waals surface area contributed by atoms with Crippen LogP contribution in [0.2, 0.25) is 0 Å². The number of rotatable bonds is 5. The van der Waals surface area contributed by atoms with Crippen molar-refractivity contribution < 1.29 is 14.6 Å². The second kappa shape index (κ2) is 6.76. The maximum absolute atomic E-state index is 9.48. The fraction of sp³-hybridized carbons (Fsp3) is 0.600. The SMILES string of the molecule is Cc1ccc(OCC(CO)C2CCOCC2)cc1. The number of hydrogen-bond acceptors (Lipinski definition) is 3. The van der Waals surface area contributed by atoms with Crippen LogP contribution < -0.4 is 4.74 Å². The summed E-state index contributed by atoms with van der Waals surface area (Å²) in [5.74, 6) is 1.62. The number of aliphatic hydroxyl groups is 1. The van der Waals surface area contributed by atoms with Gasteiger partial charge in [0, 0.05) is 25.7 Å². The number of aryl methyl sites for hydroxylation is 1. The summed E-state index contributed by atoms with van der Waals surface area (Å²) in [5.41, 5.74) is 1.23. The summed E-state index contributed by atoms with van der Waals surface area (Å²) in [6, 6.07) is 8.04. The van der Waals surface area contributed by atoms with Crippen LogP contribution in [-0.4, -0.2) is 31.5 Å². The van der Waals surface area contributed by atoms with E-state index in [4.69, 9.17) is 9.47 Å². The van der Waals surface area contributed by atoms with Crippen LogP contribution in [-0.2, 0) is 4.74 Å². The van der Waals surface area contributed by atoms with E-state index >= 15 is 0 Å². The number of hydrogen-bond donors (Lipinski definition) is 1. The lowest BCUT2D eigenvalue weighted by atomic mass is 9.87. The molecule has 100 valence electrons. The molecule has 1 aromatic carbocycles. The molecule has 1 aliphatic rings. The van der Waals surface area contributed by atoms with Crippen molar-refractivity contribution in [3.8, 4) is 5.75 Å². The number of benzene rings is 1. The van der Waals surface area contributed by atoms with Gasteiger partial charge in [-0.3, -0.25) is 0 Å². The molecule has 1 aliphatic heterocycles. The van der Waals surface area contributed by atoms with E-state index in [0.717, 1.165) is 31.8 Å². The maximum Gasteiger partial charge on any atom is 0.119 e. The van der Waals surface area contributed by atoms with Crippen LogP contribution >= 0.6 is 0 Å². The van der Waals surface area contributed by atoms with E-state index < -0.39 is 0 Å². The molecule has 0 bridgehead atoms. The molecule has 1 atom stereocenters. The minimum absolute atomic E-state index is 0.191. The van der Waals surface area contributed by atoms with E-state index in [2.05, 4.69) is 6.92 Å². The number of ether oxygens (including phenoxy) is 2. The van der Waals surface area contributed by atoms with E-state index in [-0.39, 0.29) is 12.5 Å². The highest BCUT2D eigenvalue weighted by molar-refractivity contribution is 5.26. The molecule has 1 N–H and O–H groups in total. The second-order valence-corrected chi connectivity index (χ2v) is 5.02. The van der Waals surface area contributed by atoms with Crippen molar-refractivity contribution >= 4 is 0 Å². The maximum atomic E-state index is 9.48. The van der Waals surface area contributed by atoms with E-state index in [9.17, 15) is 5.11 Å². The van der Waals surface area contributed by atoms with Crippen molar-refractivity contribution in [1.29, 1.82) is 0 Å². The first-order valence-corrected chi connectivity index (χ1v) is 6.67. The second-order valence-electron chi connectivity index (χ2n) is 5.02. The lowest BCUT2D eigenvalue weighted by Gasteiger charge is -2.28. The van der Waals surface area contributed by atoms with Crippen LogP contribution in [0.4, 0.5) is 0 Å². The highest BCUT2D eigenvalue weighted by atomic mass is 16.5. The molecule has 0 amide bonds. The normalized spacial score (nSPS) is 18.6. The van der Waals surface area contributed by atoms with Crippen LogP contribution in [0.15, 0.2) is 24.3 Å². The molecule has 0 spiro atoms. The summed E-state index contributed by atoms with van der Waals surface area (Å²) < 4.78 is 11.1. The van der Waals surface area contributed by atoms with Gasteiger partial charge in [-0.05, 0) is 37.8 Å². The molecule has 1 saturated heterocycles. The van der Waals surface area contributed by atoms with Gasteiger partial charge in [0.25, 0.3) is 0 Å². The van der Waals surface area contributed by atoms with Crippen molar-refractivity contribution in [3.63, 3.8) is 0 Å². The lowest BCUT2D eigenvalue weighted by Crippen LogP contribution is -2.30. The first-order chi connectivity index (χ1) is 8.79. The lowest BCUT2D eigenvalue weighted by molar-refractivity contribution is 0.0199. The minimum atomic E-state index is 0.191. The monoisotopic (exact) mass is 250 g/mol. The van der Waals surface area contributed by atoms with Gasteiger partial charge in [0.1, 0.15) is 5.75 Å². The zero-order valence-electron chi connectivity index (χ0n) is 11.0. The van der Waals surface area contributed by atoms with Gasteiger partial charge < -0.3 is 14.6 Å². The molecule has 1 fully saturated rings. The topological polar surface area (TPSA) is 38.7 Å². The quantitative estimate of drug-likeness (QED) is 0.872. The molecule has 3 nitrogen and oxygen atoms in total. The van der Waals surface area contributed by atoms with Gasteiger partial charge in [0.05, 0.1) is 6.61 Å². The van der Waals surface area contributed by atoms with E-state index in [1.165, 1.54) is 5.56 Å². The molecule has 1 unspecified atom stereocenters. The van der Waals surface area contributed by atoms with Crippen molar-refractivity contribution in [2.75, 3.05) is 26.4 Å². The van der Waals surface area contributed by atoms with Crippen molar-refractivity contribution in [3.05, 3.63) is 29.8 Å². The zero-order valence-corrected chi connectivity index (χ0v) is 11.0. The van der Waals surface area contributed by atoms with Crippen molar-refractivity contribution in [1.82, 2.24) is 0 Å². The highest BCUT2D eigenvalue weighted by Gasteiger charge is 2.24. The van der Waals surface area contributed by atoms with Gasteiger partial charge in [-0.1, -0.05) is 17.7 Å². The highest BCUT2D eigenvalue weighted by Crippen LogP contribution is 2.24.